The summed E-state index contributed by atoms with van der Waals surface area (Å²) >= 11 is 6.86. The van der Waals surface area contributed by atoms with Crippen LogP contribution in [-0.4, -0.2) is 33.6 Å². The highest BCUT2D eigenvalue weighted by Gasteiger charge is 2.21. The first-order valence-electron chi connectivity index (χ1n) is 7.15. The fourth-order valence-electron chi connectivity index (χ4n) is 2.14. The van der Waals surface area contributed by atoms with Crippen molar-refractivity contribution in [3.05, 3.63) is 43.9 Å². The molecule has 2 aromatic rings. The van der Waals surface area contributed by atoms with Crippen molar-refractivity contribution in [3.63, 3.8) is 0 Å². The largest absolute Gasteiger partial charge is 0.455 e. The van der Waals surface area contributed by atoms with Crippen LogP contribution in [0.4, 0.5) is 11.4 Å². The number of anilines is 1. The summed E-state index contributed by atoms with van der Waals surface area (Å²) in [4.78, 5) is 24.8. The number of ether oxygens (including phenoxy) is 1. The highest BCUT2D eigenvalue weighted by Crippen LogP contribution is 2.27. The van der Waals surface area contributed by atoms with E-state index in [1.54, 1.807) is 6.07 Å². The van der Waals surface area contributed by atoms with E-state index in [9.17, 15) is 14.9 Å². The van der Waals surface area contributed by atoms with Crippen molar-refractivity contribution in [2.45, 2.75) is 20.5 Å². The first-order chi connectivity index (χ1) is 11.5. The number of carbonyl (C=O) groups is 1. The summed E-state index contributed by atoms with van der Waals surface area (Å²) in [7, 11) is 0. The predicted molar refractivity (Wildman–Crippen MR) is 90.7 cm³/mol. The molecule has 0 N–H and O–H groups in total. The van der Waals surface area contributed by atoms with Crippen LogP contribution in [0, 0.1) is 10.1 Å². The number of nitrogens with zero attached hydrogens (tertiary/aromatic N) is 4. The molecule has 0 atom stereocenters. The van der Waals surface area contributed by atoms with E-state index in [0.29, 0.717) is 28.8 Å². The van der Waals surface area contributed by atoms with Crippen LogP contribution in [0.25, 0.3) is 0 Å². The maximum atomic E-state index is 12.4. The molecule has 0 radical (unpaired) electrons. The topological polar surface area (TPSA) is 98.5 Å². The third kappa shape index (κ3) is 3.98. The number of non-ortho nitro benzene ring substituents is 1. The van der Waals surface area contributed by atoms with E-state index < -0.39 is 10.9 Å². The molecule has 1 aromatic carbocycles. The van der Waals surface area contributed by atoms with Gasteiger partial charge in [0.25, 0.3) is 5.69 Å². The van der Waals surface area contributed by atoms with Crippen molar-refractivity contribution >= 4 is 40.5 Å². The lowest BCUT2D eigenvalue weighted by Gasteiger charge is -2.23. The second kappa shape index (κ2) is 8.02. The molecule has 1 heterocycles. The van der Waals surface area contributed by atoms with Gasteiger partial charge in [-0.3, -0.25) is 10.1 Å². The zero-order valence-corrected chi connectivity index (χ0v) is 14.6. The minimum Gasteiger partial charge on any atom is -0.455 e. The van der Waals surface area contributed by atoms with Gasteiger partial charge < -0.3 is 9.64 Å². The first kappa shape index (κ1) is 18.1. The molecule has 10 heteroatoms. The van der Waals surface area contributed by atoms with Crippen LogP contribution < -0.4 is 4.90 Å². The first-order valence-corrected chi connectivity index (χ1v) is 8.30. The molecule has 0 aliphatic rings. The van der Waals surface area contributed by atoms with Gasteiger partial charge in [-0.15, -0.1) is 5.10 Å². The maximum Gasteiger partial charge on any atom is 0.340 e. The summed E-state index contributed by atoms with van der Waals surface area (Å²) in [5.74, 6) is -0.676. The van der Waals surface area contributed by atoms with Crippen LogP contribution >= 0.6 is 23.1 Å². The molecule has 0 amide bonds. The van der Waals surface area contributed by atoms with Gasteiger partial charge in [0.15, 0.2) is 0 Å². The molecule has 1 aromatic heterocycles. The quantitative estimate of drug-likeness (QED) is 0.419. The van der Waals surface area contributed by atoms with Crippen LogP contribution in [-0.2, 0) is 11.3 Å². The standard InChI is InChI=1S/C14H15ClN4O4S/c1-3-18(4-2)12-6-5-9(19(21)22)7-10(12)14(20)23-8-11-13(15)24-17-16-11/h5-7H,3-4,8H2,1-2H3. The fourth-order valence-corrected chi connectivity index (χ4v) is 2.74. The van der Waals surface area contributed by atoms with Gasteiger partial charge in [-0.25, -0.2) is 4.79 Å². The summed E-state index contributed by atoms with van der Waals surface area (Å²) in [5, 5.41) is 14.7. The van der Waals surface area contributed by atoms with Crippen molar-refractivity contribution in [2.75, 3.05) is 18.0 Å². The molecule has 0 aliphatic carbocycles. The normalized spacial score (nSPS) is 10.5. The molecule has 2 rings (SSSR count). The number of aromatic nitrogens is 2. The average Bonchev–Trinajstić information content (AvgIpc) is 2.99. The molecule has 0 unspecified atom stereocenters. The van der Waals surface area contributed by atoms with Gasteiger partial charge in [-0.2, -0.15) is 0 Å². The van der Waals surface area contributed by atoms with Crippen molar-refractivity contribution in [3.8, 4) is 0 Å². The number of esters is 1. The van der Waals surface area contributed by atoms with Gasteiger partial charge in [0.05, 0.1) is 16.2 Å². The number of hydrogen-bond donors (Lipinski definition) is 0. The Bertz CT molecular complexity index is 748. The van der Waals surface area contributed by atoms with Gasteiger partial charge in [-0.1, -0.05) is 16.1 Å². The van der Waals surface area contributed by atoms with Crippen LogP contribution in [0.1, 0.15) is 29.9 Å². The molecular formula is C14H15ClN4O4S. The number of nitro groups is 1. The van der Waals surface area contributed by atoms with Gasteiger partial charge in [0.2, 0.25) is 0 Å². The number of rotatable bonds is 7. The van der Waals surface area contributed by atoms with Crippen molar-refractivity contribution < 1.29 is 14.5 Å². The van der Waals surface area contributed by atoms with E-state index >= 15 is 0 Å². The monoisotopic (exact) mass is 370 g/mol. The third-order valence-electron chi connectivity index (χ3n) is 3.36. The molecule has 128 valence electrons. The Labute approximate surface area is 147 Å². The van der Waals surface area contributed by atoms with E-state index in [1.165, 1.54) is 12.1 Å². The van der Waals surface area contributed by atoms with Crippen LogP contribution in [0.5, 0.6) is 0 Å². The molecule has 0 saturated carbocycles. The van der Waals surface area contributed by atoms with E-state index in [4.69, 9.17) is 16.3 Å². The highest BCUT2D eigenvalue weighted by molar-refractivity contribution is 7.10. The summed E-state index contributed by atoms with van der Waals surface area (Å²) in [6, 6.07) is 4.14. The van der Waals surface area contributed by atoms with E-state index in [-0.39, 0.29) is 17.9 Å². The highest BCUT2D eigenvalue weighted by atomic mass is 35.5. The minimum atomic E-state index is -0.676. The van der Waals surface area contributed by atoms with Crippen molar-refractivity contribution in [1.29, 1.82) is 0 Å². The van der Waals surface area contributed by atoms with E-state index in [1.807, 2.05) is 18.7 Å². The molecule has 0 saturated heterocycles. The Morgan fingerprint density at radius 1 is 1.42 bits per heavy atom. The van der Waals surface area contributed by atoms with Crippen LogP contribution in [0.3, 0.4) is 0 Å². The SMILES string of the molecule is CCN(CC)c1ccc([N+](=O)[O-])cc1C(=O)OCc1nnsc1Cl. The van der Waals surface area contributed by atoms with Crippen molar-refractivity contribution in [2.24, 2.45) is 0 Å². The average molecular weight is 371 g/mol. The summed E-state index contributed by atoms with van der Waals surface area (Å²) in [5.41, 5.74) is 0.890. The third-order valence-corrected chi connectivity index (χ3v) is 4.35. The summed E-state index contributed by atoms with van der Waals surface area (Å²) in [6.45, 7) is 5.02. The van der Waals surface area contributed by atoms with Gasteiger partial charge in [0.1, 0.15) is 16.6 Å². The lowest BCUT2D eigenvalue weighted by atomic mass is 10.1. The molecule has 0 aliphatic heterocycles. The predicted octanol–water partition coefficient (Wildman–Crippen LogP) is 3.30. The molecule has 0 fully saturated rings. The zero-order chi connectivity index (χ0) is 17.7. The Balaban J connectivity index is 2.30. The van der Waals surface area contributed by atoms with Gasteiger partial charge in [-0.05, 0) is 19.9 Å². The number of carbonyl (C=O) groups excluding carboxylic acids is 1. The zero-order valence-electron chi connectivity index (χ0n) is 13.1. The molecule has 8 nitrogen and oxygen atoms in total. The molecule has 24 heavy (non-hydrogen) atoms. The minimum absolute atomic E-state index is 0.132. The Morgan fingerprint density at radius 2 is 2.12 bits per heavy atom. The van der Waals surface area contributed by atoms with E-state index in [2.05, 4.69) is 9.59 Å². The smallest absolute Gasteiger partial charge is 0.340 e. The lowest BCUT2D eigenvalue weighted by Crippen LogP contribution is -2.24. The Hall–Kier alpha value is -2.26. The number of benzene rings is 1. The number of nitro benzene ring substituents is 1. The lowest BCUT2D eigenvalue weighted by molar-refractivity contribution is -0.384. The van der Waals surface area contributed by atoms with Crippen LogP contribution in [0.2, 0.25) is 4.34 Å². The van der Waals surface area contributed by atoms with Gasteiger partial charge >= 0.3 is 5.97 Å². The Morgan fingerprint density at radius 3 is 2.67 bits per heavy atom. The number of halogens is 1. The molecular weight excluding hydrogens is 356 g/mol. The summed E-state index contributed by atoms with van der Waals surface area (Å²) in [6.07, 6.45) is 0. The number of hydrogen-bond acceptors (Lipinski definition) is 8. The van der Waals surface area contributed by atoms with Crippen molar-refractivity contribution in [1.82, 2.24) is 9.59 Å². The second-order valence-electron chi connectivity index (χ2n) is 4.70. The molecule has 0 spiro atoms. The second-order valence-corrected chi connectivity index (χ2v) is 6.06. The molecule has 0 bridgehead atoms. The van der Waals surface area contributed by atoms with E-state index in [0.717, 1.165) is 11.5 Å². The summed E-state index contributed by atoms with van der Waals surface area (Å²) < 4.78 is 9.19. The fraction of sp³-hybridized carbons (Fsp3) is 0.357. The maximum absolute atomic E-state index is 12.4. The Kier molecular flexibility index (Phi) is 6.04. The van der Waals surface area contributed by atoms with Crippen LogP contribution in [0.15, 0.2) is 18.2 Å². The van der Waals surface area contributed by atoms with Gasteiger partial charge in [0, 0.05) is 36.8 Å².